The van der Waals surface area contributed by atoms with Gasteiger partial charge in [0, 0.05) is 25.2 Å². The van der Waals surface area contributed by atoms with Gasteiger partial charge >= 0.3 is 0 Å². The molecule has 3 aromatic carbocycles. The summed E-state index contributed by atoms with van der Waals surface area (Å²) in [7, 11) is -2.94. The molecular formula is C35H42FN3O4Si. The number of hydrogen-bond acceptors (Lipinski definition) is 6. The number of carbonyl (C=O) groups excluding carboxylic acids is 1. The van der Waals surface area contributed by atoms with Gasteiger partial charge in [-0.25, -0.2) is 4.39 Å². The van der Waals surface area contributed by atoms with E-state index < -0.39 is 14.1 Å². The van der Waals surface area contributed by atoms with Gasteiger partial charge in [0.15, 0.2) is 11.5 Å². The van der Waals surface area contributed by atoms with Gasteiger partial charge in [-0.3, -0.25) is 4.79 Å². The number of halogens is 1. The average Bonchev–Trinajstić information content (AvgIpc) is 3.73. The molecule has 2 fully saturated rings. The lowest BCUT2D eigenvalue weighted by molar-refractivity contribution is -0.00549. The number of hydrogen-bond donors (Lipinski definition) is 1. The Morgan fingerprint density at radius 1 is 1.02 bits per heavy atom. The van der Waals surface area contributed by atoms with Gasteiger partial charge in [-0.05, 0) is 54.1 Å². The van der Waals surface area contributed by atoms with E-state index in [9.17, 15) is 4.79 Å². The summed E-state index contributed by atoms with van der Waals surface area (Å²) in [6.45, 7) is 12.4. The molecule has 1 aromatic heterocycles. The Hall–Kier alpha value is -3.53. The average molecular weight is 616 g/mol. The van der Waals surface area contributed by atoms with E-state index in [0.29, 0.717) is 42.2 Å². The van der Waals surface area contributed by atoms with Crippen molar-refractivity contribution in [2.45, 2.75) is 71.3 Å². The lowest BCUT2D eigenvalue weighted by Crippen LogP contribution is -2.66. The van der Waals surface area contributed by atoms with Gasteiger partial charge in [0.05, 0.1) is 29.9 Å². The van der Waals surface area contributed by atoms with Crippen molar-refractivity contribution in [3.05, 3.63) is 83.8 Å². The largest absolute Gasteiger partial charge is 0.403 e. The fourth-order valence-electron chi connectivity index (χ4n) is 6.65. The van der Waals surface area contributed by atoms with Crippen molar-refractivity contribution in [3.8, 4) is 0 Å². The second-order valence-electron chi connectivity index (χ2n) is 13.4. The van der Waals surface area contributed by atoms with E-state index in [1.54, 1.807) is 0 Å². The molecule has 2 aliphatic rings. The summed E-state index contributed by atoms with van der Waals surface area (Å²) < 4.78 is 35.5. The Morgan fingerprint density at radius 2 is 1.61 bits per heavy atom. The molecule has 1 saturated carbocycles. The van der Waals surface area contributed by atoms with Crippen molar-refractivity contribution < 1.29 is 22.9 Å². The molecule has 1 saturated heterocycles. The van der Waals surface area contributed by atoms with Crippen LogP contribution in [0, 0.1) is 11.7 Å². The van der Waals surface area contributed by atoms with E-state index in [1.165, 1.54) is 0 Å². The maximum atomic E-state index is 16.7. The van der Waals surface area contributed by atoms with Gasteiger partial charge in [0.2, 0.25) is 5.58 Å². The smallest absolute Gasteiger partial charge is 0.274 e. The summed E-state index contributed by atoms with van der Waals surface area (Å²) in [5.74, 6) is -0.380. The first kappa shape index (κ1) is 30.5. The van der Waals surface area contributed by atoms with Crippen LogP contribution < -0.4 is 20.6 Å². The van der Waals surface area contributed by atoms with Gasteiger partial charge in [-0.2, -0.15) is 0 Å². The molecule has 44 heavy (non-hydrogen) atoms. The number of ether oxygens (including phenoxy) is 1. The molecule has 4 aromatic rings. The zero-order valence-corrected chi connectivity index (χ0v) is 27.2. The van der Waals surface area contributed by atoms with Crippen molar-refractivity contribution in [2.75, 3.05) is 24.5 Å². The van der Waals surface area contributed by atoms with E-state index in [-0.39, 0.29) is 41.0 Å². The minimum Gasteiger partial charge on any atom is -0.403 e. The first-order valence-electron chi connectivity index (χ1n) is 15.6. The Balaban J connectivity index is 1.48. The predicted octanol–water partition coefficient (Wildman–Crippen LogP) is 5.80. The van der Waals surface area contributed by atoms with Gasteiger partial charge < -0.3 is 23.9 Å². The highest BCUT2D eigenvalue weighted by Crippen LogP contribution is 2.40. The number of fused-ring (bicyclic) bond motifs is 1. The zero-order valence-electron chi connectivity index (χ0n) is 26.2. The van der Waals surface area contributed by atoms with Crippen LogP contribution >= 0.6 is 0 Å². The number of nitrogens with one attached hydrogen (secondary N) is 1. The summed E-state index contributed by atoms with van der Waals surface area (Å²) in [6, 6.07) is 22.6. The number of nitrogens with zero attached hydrogens (tertiary/aromatic N) is 2. The minimum atomic E-state index is -2.94. The number of amides is 1. The monoisotopic (exact) mass is 615 g/mol. The molecule has 0 spiro atoms. The lowest BCUT2D eigenvalue weighted by atomic mass is 10.0. The number of rotatable bonds is 9. The first-order chi connectivity index (χ1) is 21.1. The molecule has 1 aliphatic heterocycles. The van der Waals surface area contributed by atoms with Crippen LogP contribution in [-0.2, 0) is 15.8 Å². The predicted molar refractivity (Wildman–Crippen MR) is 174 cm³/mol. The number of anilines is 1. The highest BCUT2D eigenvalue weighted by Gasteiger charge is 2.50. The fraction of sp³-hybridized carbons (Fsp3) is 0.429. The van der Waals surface area contributed by atoms with E-state index >= 15 is 4.39 Å². The van der Waals surface area contributed by atoms with Crippen LogP contribution in [0.5, 0.6) is 0 Å². The van der Waals surface area contributed by atoms with E-state index in [4.69, 9.17) is 13.7 Å². The third-order valence-electron chi connectivity index (χ3n) is 8.82. The van der Waals surface area contributed by atoms with Crippen LogP contribution in [0.1, 0.15) is 63.5 Å². The second-order valence-corrected chi connectivity index (χ2v) is 17.7. The Morgan fingerprint density at radius 3 is 2.16 bits per heavy atom. The quantitative estimate of drug-likeness (QED) is 0.240. The minimum absolute atomic E-state index is 0.0161. The Labute approximate surface area is 259 Å². The van der Waals surface area contributed by atoms with Crippen molar-refractivity contribution in [2.24, 2.45) is 5.92 Å². The van der Waals surface area contributed by atoms with Crippen molar-refractivity contribution >= 4 is 41.3 Å². The van der Waals surface area contributed by atoms with Crippen LogP contribution in [0.25, 0.3) is 11.0 Å². The third-order valence-corrected chi connectivity index (χ3v) is 13.8. The second kappa shape index (κ2) is 12.1. The summed E-state index contributed by atoms with van der Waals surface area (Å²) in [4.78, 5) is 15.2. The van der Waals surface area contributed by atoms with Crippen molar-refractivity contribution in [1.82, 2.24) is 10.5 Å². The third kappa shape index (κ3) is 5.80. The number of aromatic nitrogens is 1. The molecule has 0 radical (unpaired) electrons. The number of carbonyl (C=O) groups is 1. The summed E-state index contributed by atoms with van der Waals surface area (Å²) in [5.41, 5.74) is 1.15. The Bertz CT molecular complexity index is 1570. The zero-order chi connectivity index (χ0) is 31.1. The normalized spacial score (nSPS) is 19.4. The van der Waals surface area contributed by atoms with E-state index in [2.05, 4.69) is 55.5 Å². The molecule has 2 atom stereocenters. The molecule has 1 amide bonds. The standard InChI is InChI=1S/C35H42FN3O4Si/c1-23-20-39(21-24(2)42-23)32-26(18-29-31(38-43-33(29)30(32)36)34(40)37-19-25-16-17-25)22-41-44(35(3,4)5,27-12-8-6-9-13-27)28-14-10-7-11-15-28/h6-15,18,23-25H,16-17,19-22H2,1-5H3,(H,37,40)/t23-,24+. The molecule has 0 bridgehead atoms. The summed E-state index contributed by atoms with van der Waals surface area (Å²) in [6.07, 6.45) is 2.05. The van der Waals surface area contributed by atoms with Gasteiger partial charge in [-0.1, -0.05) is 86.6 Å². The molecule has 7 nitrogen and oxygen atoms in total. The Kier molecular flexibility index (Phi) is 8.39. The molecule has 1 N–H and O–H groups in total. The highest BCUT2D eigenvalue weighted by molar-refractivity contribution is 6.99. The van der Waals surface area contributed by atoms with Gasteiger partial charge in [-0.15, -0.1) is 0 Å². The van der Waals surface area contributed by atoms with E-state index in [0.717, 1.165) is 23.2 Å². The fourth-order valence-corrected chi connectivity index (χ4v) is 11.2. The molecule has 232 valence electrons. The summed E-state index contributed by atoms with van der Waals surface area (Å²) in [5, 5.41) is 9.38. The molecule has 9 heteroatoms. The van der Waals surface area contributed by atoms with Crippen LogP contribution in [0.3, 0.4) is 0 Å². The van der Waals surface area contributed by atoms with Crippen LogP contribution in [0.15, 0.2) is 71.3 Å². The SMILES string of the molecule is C[C@@H]1CN(c2c(CO[Si](c3ccccc3)(c3ccccc3)C(C)(C)C)cc3c(C(=O)NCC4CC4)noc3c2F)C[C@H](C)O1. The van der Waals surface area contributed by atoms with E-state index in [1.807, 2.05) is 61.2 Å². The van der Waals surface area contributed by atoms with Crippen molar-refractivity contribution in [3.63, 3.8) is 0 Å². The molecule has 2 heterocycles. The number of morpholine rings is 1. The van der Waals surface area contributed by atoms with Crippen LogP contribution in [0.2, 0.25) is 5.04 Å². The summed E-state index contributed by atoms with van der Waals surface area (Å²) >= 11 is 0. The first-order valence-corrected chi connectivity index (χ1v) is 17.5. The van der Waals surface area contributed by atoms with Gasteiger partial charge in [0.25, 0.3) is 14.2 Å². The molecule has 1 aliphatic carbocycles. The van der Waals surface area contributed by atoms with Crippen molar-refractivity contribution in [1.29, 1.82) is 0 Å². The lowest BCUT2D eigenvalue weighted by Gasteiger charge is -2.43. The maximum Gasteiger partial charge on any atom is 0.274 e. The molecule has 6 rings (SSSR count). The topological polar surface area (TPSA) is 76.8 Å². The molecular weight excluding hydrogens is 573 g/mol. The van der Waals surface area contributed by atoms with Crippen LogP contribution in [-0.4, -0.2) is 51.2 Å². The molecule has 0 unspecified atom stereocenters. The van der Waals surface area contributed by atoms with Gasteiger partial charge in [0.1, 0.15) is 0 Å². The number of benzene rings is 3. The highest BCUT2D eigenvalue weighted by atomic mass is 28.4. The van der Waals surface area contributed by atoms with Crippen LogP contribution in [0.4, 0.5) is 10.1 Å². The maximum absolute atomic E-state index is 16.7.